The molecule has 0 fully saturated rings. The Balaban J connectivity index is 1.46. The molecule has 212 valence electrons. The SMILES string of the molecule is CCCCCc1nc2c(c(=O)n(CC)c(=O)n2-c2ccccc2)n1Cc1ccc(-c2ccccc2-c2nnn[nH]2)cc1. The molecule has 0 aliphatic rings. The molecule has 1 N–H and O–H groups in total. The number of benzene rings is 3. The molecule has 6 aromatic rings. The van der Waals surface area contributed by atoms with Crippen LogP contribution in [0.5, 0.6) is 0 Å². The first-order valence-electron chi connectivity index (χ1n) is 14.3. The van der Waals surface area contributed by atoms with E-state index < -0.39 is 0 Å². The molecule has 42 heavy (non-hydrogen) atoms. The monoisotopic (exact) mass is 560 g/mol. The number of tetrazole rings is 1. The van der Waals surface area contributed by atoms with Crippen molar-refractivity contribution in [2.45, 2.75) is 52.6 Å². The molecule has 0 atom stereocenters. The lowest BCUT2D eigenvalue weighted by atomic mass is 9.98. The molecular weight excluding hydrogens is 528 g/mol. The zero-order valence-electron chi connectivity index (χ0n) is 23.7. The number of fused-ring (bicyclic) bond motifs is 1. The van der Waals surface area contributed by atoms with Crippen LogP contribution in [0.2, 0.25) is 0 Å². The molecule has 0 radical (unpaired) electrons. The minimum atomic E-state index is -0.379. The number of H-pyrrole nitrogens is 1. The second-order valence-electron chi connectivity index (χ2n) is 10.2. The molecule has 10 heteroatoms. The zero-order chi connectivity index (χ0) is 29.1. The second-order valence-corrected chi connectivity index (χ2v) is 10.2. The van der Waals surface area contributed by atoms with Gasteiger partial charge < -0.3 is 4.57 Å². The van der Waals surface area contributed by atoms with E-state index in [1.54, 1.807) is 4.57 Å². The Bertz CT molecular complexity index is 1940. The van der Waals surface area contributed by atoms with Crippen LogP contribution in [-0.2, 0) is 19.5 Å². The Morgan fingerprint density at radius 1 is 0.810 bits per heavy atom. The molecule has 0 spiro atoms. The smallest absolute Gasteiger partial charge is 0.318 e. The van der Waals surface area contributed by atoms with Gasteiger partial charge in [0.1, 0.15) is 5.82 Å². The van der Waals surface area contributed by atoms with Crippen LogP contribution in [0, 0.1) is 0 Å². The number of aromatic nitrogens is 8. The third kappa shape index (κ3) is 4.96. The van der Waals surface area contributed by atoms with Gasteiger partial charge in [0.2, 0.25) is 0 Å². The van der Waals surface area contributed by atoms with Gasteiger partial charge in [-0.05, 0) is 52.6 Å². The van der Waals surface area contributed by atoms with Crippen molar-refractivity contribution in [1.82, 2.24) is 39.3 Å². The third-order valence-corrected chi connectivity index (χ3v) is 7.58. The quantitative estimate of drug-likeness (QED) is 0.236. The summed E-state index contributed by atoms with van der Waals surface area (Å²) in [6, 6.07) is 25.6. The van der Waals surface area contributed by atoms with Gasteiger partial charge >= 0.3 is 5.69 Å². The Kier molecular flexibility index (Phi) is 7.59. The summed E-state index contributed by atoms with van der Waals surface area (Å²) < 4.78 is 4.86. The first kappa shape index (κ1) is 27.1. The van der Waals surface area contributed by atoms with Gasteiger partial charge in [-0.15, -0.1) is 5.10 Å². The summed E-state index contributed by atoms with van der Waals surface area (Å²) in [4.78, 5) is 32.2. The highest BCUT2D eigenvalue weighted by atomic mass is 16.2. The number of nitrogens with one attached hydrogen (secondary N) is 1. The zero-order valence-corrected chi connectivity index (χ0v) is 23.7. The molecule has 0 unspecified atom stereocenters. The Morgan fingerprint density at radius 3 is 2.24 bits per heavy atom. The van der Waals surface area contributed by atoms with E-state index in [1.807, 2.05) is 66.1 Å². The Labute approximate surface area is 242 Å². The first-order chi connectivity index (χ1) is 20.6. The van der Waals surface area contributed by atoms with Crippen LogP contribution in [0.3, 0.4) is 0 Å². The van der Waals surface area contributed by atoms with Gasteiger partial charge in [0.15, 0.2) is 17.0 Å². The topological polar surface area (TPSA) is 116 Å². The fourth-order valence-electron chi connectivity index (χ4n) is 5.45. The summed E-state index contributed by atoms with van der Waals surface area (Å²) in [6.45, 7) is 4.70. The van der Waals surface area contributed by atoms with Gasteiger partial charge in [-0.25, -0.2) is 19.4 Å². The van der Waals surface area contributed by atoms with Crippen molar-refractivity contribution < 1.29 is 0 Å². The molecule has 3 aromatic heterocycles. The van der Waals surface area contributed by atoms with E-state index in [0.29, 0.717) is 35.6 Å². The van der Waals surface area contributed by atoms with Crippen molar-refractivity contribution in [3.8, 4) is 28.2 Å². The highest BCUT2D eigenvalue weighted by molar-refractivity contribution is 5.80. The van der Waals surface area contributed by atoms with Crippen LogP contribution in [0.4, 0.5) is 0 Å². The fraction of sp³-hybridized carbons (Fsp3) is 0.250. The second kappa shape index (κ2) is 11.8. The number of hydrogen-bond acceptors (Lipinski definition) is 6. The van der Waals surface area contributed by atoms with Gasteiger partial charge in [-0.2, -0.15) is 0 Å². The Hall–Kier alpha value is -5.12. The molecule has 0 amide bonds. The number of unbranched alkanes of at least 4 members (excludes halogenated alkanes) is 2. The molecule has 10 nitrogen and oxygen atoms in total. The van der Waals surface area contributed by atoms with Crippen LogP contribution < -0.4 is 11.2 Å². The lowest BCUT2D eigenvalue weighted by Gasteiger charge is -2.13. The van der Waals surface area contributed by atoms with Crippen LogP contribution in [0.1, 0.15) is 44.5 Å². The van der Waals surface area contributed by atoms with Crippen molar-refractivity contribution in [3.05, 3.63) is 111 Å². The summed E-state index contributed by atoms with van der Waals surface area (Å²) in [7, 11) is 0. The van der Waals surface area contributed by atoms with E-state index in [0.717, 1.165) is 47.3 Å². The van der Waals surface area contributed by atoms with Crippen molar-refractivity contribution in [2.24, 2.45) is 0 Å². The maximum atomic E-state index is 13.8. The molecule has 3 aromatic carbocycles. The molecule has 0 bridgehead atoms. The summed E-state index contributed by atoms with van der Waals surface area (Å²) in [5.74, 6) is 1.41. The van der Waals surface area contributed by atoms with Gasteiger partial charge in [-0.1, -0.05) is 86.5 Å². The summed E-state index contributed by atoms with van der Waals surface area (Å²) in [5, 5.41) is 14.4. The number of hydrogen-bond donors (Lipinski definition) is 1. The molecule has 0 saturated heterocycles. The normalized spacial score (nSPS) is 11.4. The van der Waals surface area contributed by atoms with Gasteiger partial charge in [0, 0.05) is 25.1 Å². The van der Waals surface area contributed by atoms with E-state index in [2.05, 4.69) is 51.8 Å². The third-order valence-electron chi connectivity index (χ3n) is 7.58. The average Bonchev–Trinajstić information content (AvgIpc) is 3.68. The van der Waals surface area contributed by atoms with E-state index in [-0.39, 0.29) is 17.8 Å². The maximum Gasteiger partial charge on any atom is 0.337 e. The highest BCUT2D eigenvalue weighted by Crippen LogP contribution is 2.30. The van der Waals surface area contributed by atoms with Gasteiger partial charge in [-0.3, -0.25) is 9.36 Å². The lowest BCUT2D eigenvalue weighted by molar-refractivity contribution is 0.646. The number of aromatic amines is 1. The lowest BCUT2D eigenvalue weighted by Crippen LogP contribution is -2.39. The van der Waals surface area contributed by atoms with Crippen LogP contribution in [0.15, 0.2) is 88.5 Å². The summed E-state index contributed by atoms with van der Waals surface area (Å²) in [5.41, 5.74) is 4.80. The van der Waals surface area contributed by atoms with E-state index in [1.165, 1.54) is 4.57 Å². The predicted molar refractivity (Wildman–Crippen MR) is 163 cm³/mol. The number of para-hydroxylation sites is 1. The van der Waals surface area contributed by atoms with Gasteiger partial charge in [0.25, 0.3) is 5.56 Å². The minimum absolute atomic E-state index is 0.269. The van der Waals surface area contributed by atoms with Crippen molar-refractivity contribution in [1.29, 1.82) is 0 Å². The Morgan fingerprint density at radius 2 is 1.55 bits per heavy atom. The molecule has 0 aliphatic heterocycles. The number of aryl methyl sites for hydroxylation is 1. The van der Waals surface area contributed by atoms with E-state index in [9.17, 15) is 9.59 Å². The average molecular weight is 561 g/mol. The van der Waals surface area contributed by atoms with Crippen molar-refractivity contribution >= 4 is 11.2 Å². The molecule has 0 saturated carbocycles. The first-order valence-corrected chi connectivity index (χ1v) is 14.3. The number of imidazole rings is 1. The summed E-state index contributed by atoms with van der Waals surface area (Å²) >= 11 is 0. The maximum absolute atomic E-state index is 13.8. The minimum Gasteiger partial charge on any atom is -0.318 e. The van der Waals surface area contributed by atoms with Crippen LogP contribution >= 0.6 is 0 Å². The fourth-order valence-corrected chi connectivity index (χ4v) is 5.45. The number of nitrogens with zero attached hydrogens (tertiary/aromatic N) is 7. The van der Waals surface area contributed by atoms with Crippen molar-refractivity contribution in [2.75, 3.05) is 0 Å². The largest absolute Gasteiger partial charge is 0.337 e. The van der Waals surface area contributed by atoms with Gasteiger partial charge in [0.05, 0.1) is 5.69 Å². The van der Waals surface area contributed by atoms with Crippen molar-refractivity contribution in [3.63, 3.8) is 0 Å². The van der Waals surface area contributed by atoms with E-state index >= 15 is 0 Å². The van der Waals surface area contributed by atoms with Crippen LogP contribution in [0.25, 0.3) is 39.4 Å². The van der Waals surface area contributed by atoms with Crippen LogP contribution in [-0.4, -0.2) is 39.3 Å². The predicted octanol–water partition coefficient (Wildman–Crippen LogP) is 5.00. The number of rotatable bonds is 10. The summed E-state index contributed by atoms with van der Waals surface area (Å²) in [6.07, 6.45) is 3.80. The highest BCUT2D eigenvalue weighted by Gasteiger charge is 2.22. The molecular formula is C32H32N8O2. The molecule has 6 rings (SSSR count). The molecule has 3 heterocycles. The van der Waals surface area contributed by atoms with E-state index in [4.69, 9.17) is 4.98 Å². The molecule has 0 aliphatic carbocycles. The standard InChI is InChI=1S/C32H32N8O2/c1-3-5-7-16-27-33-30-28(31(41)38(4-2)32(42)40(30)24-12-8-6-9-13-24)39(27)21-22-17-19-23(20-18-22)25-14-10-11-15-26(25)29-34-36-37-35-29/h6,8-15,17-20H,3-5,7,16,21H2,1-2H3,(H,34,35,36,37).